The number of halogens is 2. The van der Waals surface area contributed by atoms with Gasteiger partial charge in [0, 0.05) is 33.8 Å². The van der Waals surface area contributed by atoms with E-state index in [1.54, 1.807) is 6.07 Å². The van der Waals surface area contributed by atoms with Crippen LogP contribution in [0.25, 0.3) is 0 Å². The Hall–Kier alpha value is -1.52. The molecule has 110 valence electrons. The van der Waals surface area contributed by atoms with Crippen molar-refractivity contribution in [2.24, 2.45) is 0 Å². The standard InChI is InChI=1S/C16H16BrClN2O/c1-2-19-16(21)11-4-3-5-14(9-11)20-10-12-8-13(17)6-7-15(12)18/h3-9,20H,2,10H2,1H3,(H,19,21). The minimum Gasteiger partial charge on any atom is -0.381 e. The topological polar surface area (TPSA) is 41.1 Å². The lowest BCUT2D eigenvalue weighted by Gasteiger charge is -2.10. The molecular formula is C16H16BrClN2O. The summed E-state index contributed by atoms with van der Waals surface area (Å²) in [6.07, 6.45) is 0. The smallest absolute Gasteiger partial charge is 0.251 e. The van der Waals surface area contributed by atoms with Crippen LogP contribution in [0.15, 0.2) is 46.9 Å². The van der Waals surface area contributed by atoms with Crippen LogP contribution in [-0.4, -0.2) is 12.5 Å². The predicted molar refractivity (Wildman–Crippen MR) is 90.9 cm³/mol. The molecule has 0 bridgehead atoms. The minimum absolute atomic E-state index is 0.0679. The number of carbonyl (C=O) groups excluding carboxylic acids is 1. The molecule has 0 fully saturated rings. The molecule has 0 aliphatic heterocycles. The van der Waals surface area contributed by atoms with Crippen molar-refractivity contribution in [3.63, 3.8) is 0 Å². The van der Waals surface area contributed by atoms with Crippen LogP contribution in [0.3, 0.4) is 0 Å². The molecule has 0 spiro atoms. The average Bonchev–Trinajstić information content (AvgIpc) is 2.49. The lowest BCUT2D eigenvalue weighted by atomic mass is 10.1. The Morgan fingerprint density at radius 1 is 1.24 bits per heavy atom. The molecule has 0 atom stereocenters. The maximum Gasteiger partial charge on any atom is 0.251 e. The van der Waals surface area contributed by atoms with E-state index in [0.717, 1.165) is 15.7 Å². The molecule has 2 aromatic carbocycles. The first-order chi connectivity index (χ1) is 10.1. The molecular weight excluding hydrogens is 352 g/mol. The Bertz CT molecular complexity index is 646. The highest BCUT2D eigenvalue weighted by Crippen LogP contribution is 2.22. The van der Waals surface area contributed by atoms with Crippen molar-refractivity contribution >= 4 is 39.1 Å². The molecule has 1 amide bonds. The van der Waals surface area contributed by atoms with E-state index in [-0.39, 0.29) is 5.91 Å². The van der Waals surface area contributed by atoms with Crippen molar-refractivity contribution in [2.45, 2.75) is 13.5 Å². The van der Waals surface area contributed by atoms with Crippen LogP contribution in [0, 0.1) is 0 Å². The van der Waals surface area contributed by atoms with Crippen LogP contribution >= 0.6 is 27.5 Å². The van der Waals surface area contributed by atoms with Crippen LogP contribution in [0.5, 0.6) is 0 Å². The summed E-state index contributed by atoms with van der Waals surface area (Å²) >= 11 is 9.59. The number of benzene rings is 2. The zero-order valence-corrected chi connectivity index (χ0v) is 14.0. The van der Waals surface area contributed by atoms with Crippen molar-refractivity contribution < 1.29 is 4.79 Å². The molecule has 0 aliphatic rings. The van der Waals surface area contributed by atoms with E-state index in [0.29, 0.717) is 23.7 Å². The molecule has 0 heterocycles. The second-order valence-corrected chi connectivity index (χ2v) is 5.85. The monoisotopic (exact) mass is 366 g/mol. The van der Waals surface area contributed by atoms with Gasteiger partial charge in [-0.1, -0.05) is 33.6 Å². The zero-order chi connectivity index (χ0) is 15.2. The van der Waals surface area contributed by atoms with Gasteiger partial charge in [-0.05, 0) is 48.9 Å². The minimum atomic E-state index is -0.0679. The zero-order valence-electron chi connectivity index (χ0n) is 11.6. The van der Waals surface area contributed by atoms with Crippen LogP contribution in [0.1, 0.15) is 22.8 Å². The largest absolute Gasteiger partial charge is 0.381 e. The fraction of sp³-hybridized carbons (Fsp3) is 0.188. The van der Waals surface area contributed by atoms with Gasteiger partial charge in [0.2, 0.25) is 0 Å². The number of hydrogen-bond acceptors (Lipinski definition) is 2. The molecule has 2 N–H and O–H groups in total. The third kappa shape index (κ3) is 4.48. The first-order valence-electron chi connectivity index (χ1n) is 6.66. The Kier molecular flexibility index (Phi) is 5.65. The number of anilines is 1. The fourth-order valence-corrected chi connectivity index (χ4v) is 2.50. The molecule has 5 heteroatoms. The van der Waals surface area contributed by atoms with Gasteiger partial charge in [0.15, 0.2) is 0 Å². The molecule has 0 unspecified atom stereocenters. The highest BCUT2D eigenvalue weighted by molar-refractivity contribution is 9.10. The summed E-state index contributed by atoms with van der Waals surface area (Å²) in [6, 6.07) is 13.1. The van der Waals surface area contributed by atoms with Crippen LogP contribution < -0.4 is 10.6 Å². The first kappa shape index (κ1) is 15.9. The van der Waals surface area contributed by atoms with Gasteiger partial charge in [-0.3, -0.25) is 4.79 Å². The second-order valence-electron chi connectivity index (χ2n) is 4.53. The van der Waals surface area contributed by atoms with E-state index < -0.39 is 0 Å². The number of carbonyl (C=O) groups is 1. The third-order valence-corrected chi connectivity index (χ3v) is 3.81. The van der Waals surface area contributed by atoms with E-state index >= 15 is 0 Å². The average molecular weight is 368 g/mol. The Morgan fingerprint density at radius 2 is 2.05 bits per heavy atom. The van der Waals surface area contributed by atoms with Crippen LogP contribution in [0.4, 0.5) is 5.69 Å². The van der Waals surface area contributed by atoms with E-state index in [1.165, 1.54) is 0 Å². The molecule has 3 nitrogen and oxygen atoms in total. The molecule has 21 heavy (non-hydrogen) atoms. The van der Waals surface area contributed by atoms with Gasteiger partial charge in [0.1, 0.15) is 0 Å². The van der Waals surface area contributed by atoms with Crippen LogP contribution in [-0.2, 0) is 6.54 Å². The predicted octanol–water partition coefficient (Wildman–Crippen LogP) is 4.46. The molecule has 0 saturated heterocycles. The van der Waals surface area contributed by atoms with E-state index in [4.69, 9.17) is 11.6 Å². The van der Waals surface area contributed by atoms with Gasteiger partial charge in [-0.2, -0.15) is 0 Å². The Labute approximate surface area is 137 Å². The summed E-state index contributed by atoms with van der Waals surface area (Å²) in [5.41, 5.74) is 2.52. The Balaban J connectivity index is 2.08. The van der Waals surface area contributed by atoms with Gasteiger partial charge in [-0.15, -0.1) is 0 Å². The SMILES string of the molecule is CCNC(=O)c1cccc(NCc2cc(Br)ccc2Cl)c1. The van der Waals surface area contributed by atoms with Crippen molar-refractivity contribution in [3.8, 4) is 0 Å². The molecule has 2 aromatic rings. The fourth-order valence-electron chi connectivity index (χ4n) is 1.91. The molecule has 0 aromatic heterocycles. The van der Waals surface area contributed by atoms with Crippen LogP contribution in [0.2, 0.25) is 5.02 Å². The lowest BCUT2D eigenvalue weighted by molar-refractivity contribution is 0.0956. The first-order valence-corrected chi connectivity index (χ1v) is 7.83. The van der Waals surface area contributed by atoms with Crippen molar-refractivity contribution in [1.82, 2.24) is 5.32 Å². The van der Waals surface area contributed by atoms with Gasteiger partial charge in [-0.25, -0.2) is 0 Å². The maximum absolute atomic E-state index is 11.8. The number of amides is 1. The highest BCUT2D eigenvalue weighted by Gasteiger charge is 2.05. The van der Waals surface area contributed by atoms with Gasteiger partial charge in [0.25, 0.3) is 5.91 Å². The third-order valence-electron chi connectivity index (χ3n) is 2.95. The lowest BCUT2D eigenvalue weighted by Crippen LogP contribution is -2.22. The van der Waals surface area contributed by atoms with Gasteiger partial charge < -0.3 is 10.6 Å². The maximum atomic E-state index is 11.8. The molecule has 0 aliphatic carbocycles. The van der Waals surface area contributed by atoms with E-state index in [1.807, 2.05) is 43.3 Å². The summed E-state index contributed by atoms with van der Waals surface area (Å²) in [4.78, 5) is 11.8. The Morgan fingerprint density at radius 3 is 2.81 bits per heavy atom. The second kappa shape index (κ2) is 7.48. The molecule has 2 rings (SSSR count). The highest BCUT2D eigenvalue weighted by atomic mass is 79.9. The van der Waals surface area contributed by atoms with Crippen molar-refractivity contribution in [3.05, 3.63) is 63.1 Å². The summed E-state index contributed by atoms with van der Waals surface area (Å²) in [5, 5.41) is 6.78. The number of hydrogen-bond donors (Lipinski definition) is 2. The molecule has 0 saturated carbocycles. The van der Waals surface area contributed by atoms with Crippen molar-refractivity contribution in [2.75, 3.05) is 11.9 Å². The van der Waals surface area contributed by atoms with Crippen molar-refractivity contribution in [1.29, 1.82) is 0 Å². The quantitative estimate of drug-likeness (QED) is 0.819. The summed E-state index contributed by atoms with van der Waals surface area (Å²) in [5.74, 6) is -0.0679. The van der Waals surface area contributed by atoms with E-state index in [2.05, 4.69) is 26.6 Å². The van der Waals surface area contributed by atoms with Gasteiger partial charge in [0.05, 0.1) is 0 Å². The number of nitrogens with one attached hydrogen (secondary N) is 2. The summed E-state index contributed by atoms with van der Waals surface area (Å²) in [6.45, 7) is 3.11. The summed E-state index contributed by atoms with van der Waals surface area (Å²) in [7, 11) is 0. The van der Waals surface area contributed by atoms with E-state index in [9.17, 15) is 4.79 Å². The molecule has 0 radical (unpaired) electrons. The normalized spacial score (nSPS) is 10.2. The number of rotatable bonds is 5. The van der Waals surface area contributed by atoms with Gasteiger partial charge >= 0.3 is 0 Å². The summed E-state index contributed by atoms with van der Waals surface area (Å²) < 4.78 is 0.986.